The molecular formula is C21H19BrN2O2S. The Morgan fingerprint density at radius 1 is 1.07 bits per heavy atom. The van der Waals surface area contributed by atoms with Gasteiger partial charge in [0.25, 0.3) is 5.91 Å². The van der Waals surface area contributed by atoms with Crippen LogP contribution in [0.1, 0.15) is 6.92 Å². The summed E-state index contributed by atoms with van der Waals surface area (Å²) in [5, 5.41) is 5.23. The number of anilines is 1. The summed E-state index contributed by atoms with van der Waals surface area (Å²) in [6.45, 7) is 2.51. The van der Waals surface area contributed by atoms with E-state index in [-0.39, 0.29) is 12.5 Å². The predicted molar refractivity (Wildman–Crippen MR) is 117 cm³/mol. The van der Waals surface area contributed by atoms with Gasteiger partial charge in [-0.25, -0.2) is 0 Å². The molecule has 0 saturated heterocycles. The number of benzene rings is 3. The first kappa shape index (κ1) is 19.3. The number of hydrogen-bond donors (Lipinski definition) is 1. The summed E-state index contributed by atoms with van der Waals surface area (Å²) in [7, 11) is 0. The minimum Gasteiger partial charge on any atom is -0.483 e. The number of hydrogen-bond acceptors (Lipinski definition) is 3. The summed E-state index contributed by atoms with van der Waals surface area (Å²) in [6, 6.07) is 21.5. The Balaban J connectivity index is 1.63. The molecule has 27 heavy (non-hydrogen) atoms. The predicted octanol–water partition coefficient (Wildman–Crippen LogP) is 4.91. The largest absolute Gasteiger partial charge is 0.483 e. The summed E-state index contributed by atoms with van der Waals surface area (Å²) >= 11 is 8.94. The third-order valence-electron chi connectivity index (χ3n) is 4.06. The van der Waals surface area contributed by atoms with Gasteiger partial charge in [0.15, 0.2) is 11.7 Å². The van der Waals surface area contributed by atoms with Crippen LogP contribution in [0.3, 0.4) is 0 Å². The van der Waals surface area contributed by atoms with E-state index in [1.54, 1.807) is 0 Å². The molecule has 0 fully saturated rings. The van der Waals surface area contributed by atoms with Crippen LogP contribution in [0.15, 0.2) is 71.2 Å². The fraction of sp³-hybridized carbons (Fsp3) is 0.143. The number of amides is 1. The second-order valence-corrected chi connectivity index (χ2v) is 7.00. The average Bonchev–Trinajstić information content (AvgIpc) is 2.69. The molecule has 0 aromatic heterocycles. The van der Waals surface area contributed by atoms with Crippen LogP contribution in [0.25, 0.3) is 10.8 Å². The Morgan fingerprint density at radius 3 is 2.52 bits per heavy atom. The fourth-order valence-corrected chi connectivity index (χ4v) is 3.70. The first-order valence-electron chi connectivity index (χ1n) is 8.56. The Kier molecular flexibility index (Phi) is 6.42. The van der Waals surface area contributed by atoms with Gasteiger partial charge in [-0.3, -0.25) is 10.1 Å². The van der Waals surface area contributed by atoms with Crippen LogP contribution in [0.4, 0.5) is 5.69 Å². The molecule has 0 spiro atoms. The van der Waals surface area contributed by atoms with Crippen molar-refractivity contribution in [1.29, 1.82) is 0 Å². The van der Waals surface area contributed by atoms with Crippen molar-refractivity contribution >= 4 is 55.6 Å². The molecule has 3 aromatic carbocycles. The Labute approximate surface area is 172 Å². The van der Waals surface area contributed by atoms with Gasteiger partial charge in [-0.1, -0.05) is 48.5 Å². The lowest BCUT2D eigenvalue weighted by molar-refractivity contribution is -0.121. The maximum atomic E-state index is 12.3. The molecular weight excluding hydrogens is 424 g/mol. The highest BCUT2D eigenvalue weighted by molar-refractivity contribution is 9.10. The number of para-hydroxylation sites is 1. The van der Waals surface area contributed by atoms with Gasteiger partial charge < -0.3 is 9.64 Å². The zero-order valence-corrected chi connectivity index (χ0v) is 17.2. The van der Waals surface area contributed by atoms with Gasteiger partial charge in [0, 0.05) is 12.2 Å². The molecule has 3 rings (SSSR count). The van der Waals surface area contributed by atoms with Crippen molar-refractivity contribution in [2.24, 2.45) is 0 Å². The van der Waals surface area contributed by atoms with E-state index in [2.05, 4.69) is 21.2 Å². The molecule has 0 aliphatic heterocycles. The second kappa shape index (κ2) is 8.97. The van der Waals surface area contributed by atoms with Gasteiger partial charge in [-0.2, -0.15) is 0 Å². The summed E-state index contributed by atoms with van der Waals surface area (Å²) in [4.78, 5) is 14.1. The van der Waals surface area contributed by atoms with Crippen molar-refractivity contribution < 1.29 is 9.53 Å². The van der Waals surface area contributed by atoms with Crippen molar-refractivity contribution in [3.63, 3.8) is 0 Å². The van der Waals surface area contributed by atoms with Crippen LogP contribution in [-0.2, 0) is 4.79 Å². The quantitative estimate of drug-likeness (QED) is 0.569. The van der Waals surface area contributed by atoms with Gasteiger partial charge in [0.2, 0.25) is 0 Å². The maximum absolute atomic E-state index is 12.3. The molecule has 0 heterocycles. The number of ether oxygens (including phenoxy) is 1. The maximum Gasteiger partial charge on any atom is 0.264 e. The third-order valence-corrected chi connectivity index (χ3v) is 5.20. The highest BCUT2D eigenvalue weighted by atomic mass is 79.9. The molecule has 4 nitrogen and oxygen atoms in total. The van der Waals surface area contributed by atoms with E-state index in [0.29, 0.717) is 17.4 Å². The number of nitrogens with zero attached hydrogens (tertiary/aromatic N) is 1. The molecule has 0 aliphatic rings. The molecule has 1 N–H and O–H groups in total. The first-order valence-corrected chi connectivity index (χ1v) is 9.76. The molecule has 0 atom stereocenters. The lowest BCUT2D eigenvalue weighted by Crippen LogP contribution is -2.44. The van der Waals surface area contributed by atoms with Crippen molar-refractivity contribution in [3.05, 3.63) is 71.2 Å². The Hall–Kier alpha value is -2.44. The van der Waals surface area contributed by atoms with Gasteiger partial charge >= 0.3 is 0 Å². The van der Waals surface area contributed by atoms with E-state index in [1.807, 2.05) is 78.6 Å². The molecule has 0 aliphatic carbocycles. The normalized spacial score (nSPS) is 10.4. The molecule has 3 aromatic rings. The van der Waals surface area contributed by atoms with Crippen molar-refractivity contribution in [1.82, 2.24) is 5.32 Å². The number of nitrogens with one attached hydrogen (secondary N) is 1. The van der Waals surface area contributed by atoms with E-state index < -0.39 is 0 Å². The minimum absolute atomic E-state index is 0.122. The number of fused-ring (bicyclic) bond motifs is 1. The van der Waals surface area contributed by atoms with Crippen LogP contribution in [-0.4, -0.2) is 24.2 Å². The summed E-state index contributed by atoms with van der Waals surface area (Å²) in [5.74, 6) is 0.319. The van der Waals surface area contributed by atoms with E-state index in [0.717, 1.165) is 20.9 Å². The summed E-state index contributed by atoms with van der Waals surface area (Å²) < 4.78 is 6.52. The van der Waals surface area contributed by atoms with E-state index in [1.165, 1.54) is 0 Å². The van der Waals surface area contributed by atoms with Crippen LogP contribution in [0.2, 0.25) is 0 Å². The standard InChI is InChI=1S/C21H19BrN2O2S/c1-2-24(16-9-4-3-5-10-16)21(27)23-19(25)14-26-18-13-12-15-8-6-7-11-17(15)20(18)22/h3-13H,2,14H2,1H3,(H,23,25,27). The number of rotatable bonds is 5. The molecule has 0 saturated carbocycles. The smallest absolute Gasteiger partial charge is 0.264 e. The number of halogens is 1. The van der Waals surface area contributed by atoms with Gasteiger partial charge in [-0.05, 0) is 64.0 Å². The first-order chi connectivity index (χ1) is 13.1. The molecule has 1 amide bonds. The molecule has 6 heteroatoms. The second-order valence-electron chi connectivity index (χ2n) is 5.82. The fourth-order valence-electron chi connectivity index (χ4n) is 2.74. The van der Waals surface area contributed by atoms with Gasteiger partial charge in [0.05, 0.1) is 4.47 Å². The summed E-state index contributed by atoms with van der Waals surface area (Å²) in [5.41, 5.74) is 0.934. The van der Waals surface area contributed by atoms with Crippen LogP contribution in [0.5, 0.6) is 5.75 Å². The number of carbonyl (C=O) groups excluding carboxylic acids is 1. The molecule has 0 radical (unpaired) electrons. The van der Waals surface area contributed by atoms with E-state index in [9.17, 15) is 4.79 Å². The van der Waals surface area contributed by atoms with Gasteiger partial charge in [0.1, 0.15) is 5.75 Å². The monoisotopic (exact) mass is 442 g/mol. The number of thiocarbonyl (C=S) groups is 1. The highest BCUT2D eigenvalue weighted by Gasteiger charge is 2.14. The number of carbonyl (C=O) groups is 1. The Bertz CT molecular complexity index is 963. The third kappa shape index (κ3) is 4.64. The lowest BCUT2D eigenvalue weighted by atomic mass is 10.1. The van der Waals surface area contributed by atoms with Crippen LogP contribution < -0.4 is 15.0 Å². The van der Waals surface area contributed by atoms with Gasteiger partial charge in [-0.15, -0.1) is 0 Å². The topological polar surface area (TPSA) is 41.6 Å². The van der Waals surface area contributed by atoms with E-state index >= 15 is 0 Å². The van der Waals surface area contributed by atoms with E-state index in [4.69, 9.17) is 17.0 Å². The van der Waals surface area contributed by atoms with Crippen molar-refractivity contribution in [2.75, 3.05) is 18.1 Å². The molecule has 0 bridgehead atoms. The zero-order valence-electron chi connectivity index (χ0n) is 14.8. The average molecular weight is 443 g/mol. The SMILES string of the molecule is CCN(C(=S)NC(=O)COc1ccc2ccccc2c1Br)c1ccccc1. The molecule has 0 unspecified atom stereocenters. The van der Waals surface area contributed by atoms with Crippen molar-refractivity contribution in [3.8, 4) is 5.75 Å². The van der Waals surface area contributed by atoms with Crippen LogP contribution in [0, 0.1) is 0 Å². The minimum atomic E-state index is -0.297. The Morgan fingerprint density at radius 2 is 1.78 bits per heavy atom. The molecule has 138 valence electrons. The zero-order chi connectivity index (χ0) is 19.2. The highest BCUT2D eigenvalue weighted by Crippen LogP contribution is 2.32. The lowest BCUT2D eigenvalue weighted by Gasteiger charge is -2.23. The van der Waals surface area contributed by atoms with Crippen LogP contribution >= 0.6 is 28.1 Å². The van der Waals surface area contributed by atoms with Crippen molar-refractivity contribution in [2.45, 2.75) is 6.92 Å². The summed E-state index contributed by atoms with van der Waals surface area (Å²) in [6.07, 6.45) is 0.